The second-order valence-electron chi connectivity index (χ2n) is 13.5. The molecule has 1 amide bonds. The van der Waals surface area contributed by atoms with Crippen molar-refractivity contribution in [1.82, 2.24) is 0 Å². The van der Waals surface area contributed by atoms with Crippen LogP contribution in [0.3, 0.4) is 0 Å². The summed E-state index contributed by atoms with van der Waals surface area (Å²) in [4.78, 5) is 36.0. The van der Waals surface area contributed by atoms with Gasteiger partial charge in [-0.1, -0.05) is 194 Å². The summed E-state index contributed by atoms with van der Waals surface area (Å²) in [7, 11) is 0. The number of esters is 2. The standard InChI is InChI=1S/C39H75NO5/c1-3-5-7-9-11-13-15-17-19-21-23-25-27-29-31-33-37(41)44-35-36(39(40)43)45-38(42)34-32-30-28-26-24-22-20-18-16-14-12-10-8-6-4-2/h36H,3-35H2,1-2H3,(H2,40,43). The topological polar surface area (TPSA) is 95.7 Å². The molecule has 0 rings (SSSR count). The third-order valence-corrected chi connectivity index (χ3v) is 8.96. The first kappa shape index (κ1) is 43.4. The van der Waals surface area contributed by atoms with Gasteiger partial charge in [-0.05, 0) is 12.8 Å². The van der Waals surface area contributed by atoms with Crippen molar-refractivity contribution in [2.24, 2.45) is 5.73 Å². The number of unbranched alkanes of at least 4 members (excludes halogenated alkanes) is 28. The van der Waals surface area contributed by atoms with Gasteiger partial charge >= 0.3 is 11.9 Å². The van der Waals surface area contributed by atoms with Gasteiger partial charge in [0.25, 0.3) is 5.91 Å². The molecule has 0 aromatic rings. The van der Waals surface area contributed by atoms with Crippen molar-refractivity contribution in [2.45, 2.75) is 225 Å². The molecule has 0 aromatic heterocycles. The molecule has 0 saturated carbocycles. The van der Waals surface area contributed by atoms with Gasteiger partial charge in [0.2, 0.25) is 6.10 Å². The molecule has 0 radical (unpaired) electrons. The summed E-state index contributed by atoms with van der Waals surface area (Å²) in [6.07, 6.45) is 37.4. The van der Waals surface area contributed by atoms with Crippen LogP contribution in [-0.2, 0) is 23.9 Å². The smallest absolute Gasteiger partial charge is 0.306 e. The highest BCUT2D eigenvalue weighted by atomic mass is 16.6. The Bertz CT molecular complexity index is 668. The number of nitrogens with two attached hydrogens (primary N) is 1. The molecule has 2 N–H and O–H groups in total. The van der Waals surface area contributed by atoms with Crippen LogP contribution in [-0.4, -0.2) is 30.6 Å². The molecule has 0 saturated heterocycles. The first-order valence-electron chi connectivity index (χ1n) is 19.7. The van der Waals surface area contributed by atoms with Crippen molar-refractivity contribution >= 4 is 17.8 Å². The van der Waals surface area contributed by atoms with Gasteiger partial charge in [0.1, 0.15) is 6.61 Å². The average Bonchev–Trinajstić information content (AvgIpc) is 3.02. The number of amides is 1. The molecule has 1 atom stereocenters. The average molecular weight is 638 g/mol. The Kier molecular flexibility index (Phi) is 34.0. The molecule has 0 aromatic carbocycles. The van der Waals surface area contributed by atoms with E-state index in [4.69, 9.17) is 15.2 Å². The van der Waals surface area contributed by atoms with Gasteiger partial charge in [0.15, 0.2) is 0 Å². The molecular formula is C39H75NO5. The lowest BCUT2D eigenvalue weighted by Gasteiger charge is -2.15. The van der Waals surface area contributed by atoms with E-state index < -0.39 is 18.0 Å². The number of primary amides is 1. The predicted octanol–water partition coefficient (Wildman–Crippen LogP) is 11.4. The molecule has 0 aliphatic carbocycles. The fourth-order valence-electron chi connectivity index (χ4n) is 5.91. The quantitative estimate of drug-likeness (QED) is 0.0544. The van der Waals surface area contributed by atoms with E-state index in [0.29, 0.717) is 6.42 Å². The number of hydrogen-bond acceptors (Lipinski definition) is 5. The SMILES string of the molecule is CCCCCCCCCCCCCCCCCC(=O)OCC(OC(=O)CCCCCCCCCCCCCCCCC)C(N)=O. The minimum atomic E-state index is -1.21. The van der Waals surface area contributed by atoms with Gasteiger partial charge in [-0.2, -0.15) is 0 Å². The van der Waals surface area contributed by atoms with Gasteiger partial charge in [0.05, 0.1) is 0 Å². The highest BCUT2D eigenvalue weighted by Gasteiger charge is 2.22. The Morgan fingerprint density at radius 2 is 0.689 bits per heavy atom. The normalized spacial score (nSPS) is 11.9. The Balaban J connectivity index is 3.61. The highest BCUT2D eigenvalue weighted by molar-refractivity contribution is 5.82. The zero-order chi connectivity index (χ0) is 33.1. The minimum Gasteiger partial charge on any atom is -0.461 e. The summed E-state index contributed by atoms with van der Waals surface area (Å²) in [6.45, 7) is 4.23. The summed E-state index contributed by atoms with van der Waals surface area (Å²) in [5.41, 5.74) is 5.39. The van der Waals surface area contributed by atoms with E-state index in [-0.39, 0.29) is 19.0 Å². The summed E-state index contributed by atoms with van der Waals surface area (Å²) >= 11 is 0. The third kappa shape index (κ3) is 33.6. The molecular weight excluding hydrogens is 562 g/mol. The van der Waals surface area contributed by atoms with E-state index in [0.717, 1.165) is 38.5 Å². The van der Waals surface area contributed by atoms with Crippen LogP contribution in [0.4, 0.5) is 0 Å². The van der Waals surface area contributed by atoms with E-state index in [1.165, 1.54) is 154 Å². The van der Waals surface area contributed by atoms with Crippen LogP contribution in [0, 0.1) is 0 Å². The lowest BCUT2D eigenvalue weighted by Crippen LogP contribution is -2.37. The van der Waals surface area contributed by atoms with Crippen LogP contribution in [0.2, 0.25) is 0 Å². The zero-order valence-electron chi connectivity index (χ0n) is 30.0. The molecule has 0 aliphatic rings. The van der Waals surface area contributed by atoms with Crippen LogP contribution in [0.25, 0.3) is 0 Å². The van der Waals surface area contributed by atoms with Crippen molar-refractivity contribution in [3.63, 3.8) is 0 Å². The van der Waals surface area contributed by atoms with Gasteiger partial charge in [0, 0.05) is 12.8 Å². The number of carbonyl (C=O) groups is 3. The molecule has 0 bridgehead atoms. The Hall–Kier alpha value is -1.59. The van der Waals surface area contributed by atoms with Gasteiger partial charge < -0.3 is 15.2 Å². The number of hydrogen-bond donors (Lipinski definition) is 1. The largest absolute Gasteiger partial charge is 0.461 e. The van der Waals surface area contributed by atoms with Crippen molar-refractivity contribution in [2.75, 3.05) is 6.61 Å². The van der Waals surface area contributed by atoms with Gasteiger partial charge in [-0.3, -0.25) is 14.4 Å². The first-order valence-corrected chi connectivity index (χ1v) is 19.7. The van der Waals surface area contributed by atoms with Crippen LogP contribution in [0.15, 0.2) is 0 Å². The highest BCUT2D eigenvalue weighted by Crippen LogP contribution is 2.15. The number of rotatable bonds is 36. The number of ether oxygens (including phenoxy) is 2. The lowest BCUT2D eigenvalue weighted by atomic mass is 10.0. The molecule has 6 heteroatoms. The van der Waals surface area contributed by atoms with Crippen molar-refractivity contribution in [3.8, 4) is 0 Å². The lowest BCUT2D eigenvalue weighted by molar-refractivity contribution is -0.163. The van der Waals surface area contributed by atoms with E-state index in [1.54, 1.807) is 0 Å². The van der Waals surface area contributed by atoms with Crippen LogP contribution >= 0.6 is 0 Å². The second-order valence-corrected chi connectivity index (χ2v) is 13.5. The maximum atomic E-state index is 12.2. The van der Waals surface area contributed by atoms with Gasteiger partial charge in [-0.25, -0.2) is 0 Å². The van der Waals surface area contributed by atoms with E-state index in [1.807, 2.05) is 0 Å². The van der Waals surface area contributed by atoms with Crippen LogP contribution in [0.1, 0.15) is 219 Å². The Labute approximate surface area is 279 Å². The monoisotopic (exact) mass is 638 g/mol. The maximum absolute atomic E-state index is 12.2. The second kappa shape index (κ2) is 35.3. The van der Waals surface area contributed by atoms with Crippen LogP contribution in [0.5, 0.6) is 0 Å². The summed E-state index contributed by atoms with van der Waals surface area (Å²) in [5.74, 6) is -1.60. The number of carbonyl (C=O) groups excluding carboxylic acids is 3. The molecule has 0 aliphatic heterocycles. The first-order chi connectivity index (χ1) is 22.0. The zero-order valence-corrected chi connectivity index (χ0v) is 30.0. The molecule has 0 spiro atoms. The Morgan fingerprint density at radius 3 is 0.978 bits per heavy atom. The van der Waals surface area contributed by atoms with Crippen LogP contribution < -0.4 is 5.73 Å². The predicted molar refractivity (Wildman–Crippen MR) is 189 cm³/mol. The molecule has 0 heterocycles. The van der Waals surface area contributed by atoms with E-state index in [9.17, 15) is 14.4 Å². The van der Waals surface area contributed by atoms with Crippen molar-refractivity contribution in [3.05, 3.63) is 0 Å². The maximum Gasteiger partial charge on any atom is 0.306 e. The van der Waals surface area contributed by atoms with E-state index >= 15 is 0 Å². The molecule has 45 heavy (non-hydrogen) atoms. The van der Waals surface area contributed by atoms with E-state index in [2.05, 4.69) is 13.8 Å². The molecule has 1 unspecified atom stereocenters. The Morgan fingerprint density at radius 1 is 0.422 bits per heavy atom. The summed E-state index contributed by atoms with van der Waals surface area (Å²) in [5, 5.41) is 0. The van der Waals surface area contributed by atoms with Gasteiger partial charge in [-0.15, -0.1) is 0 Å². The summed E-state index contributed by atoms with van der Waals surface area (Å²) in [6, 6.07) is 0. The minimum absolute atomic E-state index is 0.259. The van der Waals surface area contributed by atoms with Crippen molar-refractivity contribution in [1.29, 1.82) is 0 Å². The van der Waals surface area contributed by atoms with Crippen molar-refractivity contribution < 1.29 is 23.9 Å². The molecule has 6 nitrogen and oxygen atoms in total. The molecule has 266 valence electrons. The fourth-order valence-corrected chi connectivity index (χ4v) is 5.91. The summed E-state index contributed by atoms with van der Waals surface area (Å²) < 4.78 is 10.4. The fraction of sp³-hybridized carbons (Fsp3) is 0.923. The molecule has 0 fully saturated rings. The third-order valence-electron chi connectivity index (χ3n) is 8.96.